The van der Waals surface area contributed by atoms with Crippen LogP contribution in [0.15, 0.2) is 42.5 Å². The van der Waals surface area contributed by atoms with E-state index in [1.165, 1.54) is 0 Å². The lowest BCUT2D eigenvalue weighted by Gasteiger charge is -2.13. The molecule has 0 bridgehead atoms. The molecule has 0 aliphatic heterocycles. The highest BCUT2D eigenvalue weighted by molar-refractivity contribution is 5.77. The van der Waals surface area contributed by atoms with E-state index >= 15 is 0 Å². The monoisotopic (exact) mass is 368 g/mol. The van der Waals surface area contributed by atoms with E-state index in [1.54, 1.807) is 7.11 Å². The molecule has 0 aliphatic carbocycles. The van der Waals surface area contributed by atoms with E-state index in [1.807, 2.05) is 36.4 Å². The molecule has 0 spiro atoms. The maximum Gasteiger partial charge on any atom is 0.148 e. The smallest absolute Gasteiger partial charge is 0.148 e. The number of nitrogens with zero attached hydrogens (tertiary/aromatic N) is 2. The van der Waals surface area contributed by atoms with Gasteiger partial charge in [0.1, 0.15) is 29.7 Å². The summed E-state index contributed by atoms with van der Waals surface area (Å²) in [6.45, 7) is 8.52. The molecule has 3 aromatic rings. The highest BCUT2D eigenvalue weighted by atomic mass is 16.5. The second kappa shape index (κ2) is 8.80. The third-order valence-electron chi connectivity index (χ3n) is 4.23. The van der Waals surface area contributed by atoms with Crippen molar-refractivity contribution in [1.82, 2.24) is 9.55 Å². The fraction of sp³-hybridized carbons (Fsp3) is 0.409. The Balaban J connectivity index is 1.88. The largest absolute Gasteiger partial charge is 0.497 e. The van der Waals surface area contributed by atoms with Crippen molar-refractivity contribution in [3.8, 4) is 17.2 Å². The Hall–Kier alpha value is -2.69. The number of hydrogen-bond donors (Lipinski definition) is 0. The normalized spacial score (nSPS) is 11.1. The van der Waals surface area contributed by atoms with Crippen LogP contribution in [-0.4, -0.2) is 23.3 Å². The molecule has 5 heteroatoms. The van der Waals surface area contributed by atoms with Crippen molar-refractivity contribution < 1.29 is 14.2 Å². The molecule has 2 aromatic carbocycles. The van der Waals surface area contributed by atoms with E-state index in [9.17, 15) is 0 Å². The molecule has 1 aromatic heterocycles. The molecular weight excluding hydrogens is 340 g/mol. The molecule has 144 valence electrons. The number of hydrogen-bond acceptors (Lipinski definition) is 4. The number of fused-ring (bicyclic) bond motifs is 1. The Kier molecular flexibility index (Phi) is 6.22. The van der Waals surface area contributed by atoms with Gasteiger partial charge < -0.3 is 18.8 Å². The highest BCUT2D eigenvalue weighted by Crippen LogP contribution is 2.25. The second-order valence-corrected chi connectivity index (χ2v) is 7.00. The Morgan fingerprint density at radius 1 is 1.00 bits per heavy atom. The van der Waals surface area contributed by atoms with Crippen LogP contribution in [0.2, 0.25) is 0 Å². The summed E-state index contributed by atoms with van der Waals surface area (Å²) in [7, 11) is 1.65. The van der Waals surface area contributed by atoms with Crippen LogP contribution in [0, 0.1) is 5.92 Å². The minimum Gasteiger partial charge on any atom is -0.497 e. The van der Waals surface area contributed by atoms with Crippen molar-refractivity contribution in [2.45, 2.75) is 40.3 Å². The number of ether oxygens (including phenoxy) is 3. The Bertz CT molecular complexity index is 886. The fourth-order valence-electron chi connectivity index (χ4n) is 2.98. The molecule has 3 rings (SSSR count). The van der Waals surface area contributed by atoms with Crippen LogP contribution in [0.4, 0.5) is 0 Å². The third kappa shape index (κ3) is 4.73. The van der Waals surface area contributed by atoms with Crippen LogP contribution in [-0.2, 0) is 13.2 Å². The van der Waals surface area contributed by atoms with Gasteiger partial charge in [0.25, 0.3) is 0 Å². The number of rotatable bonds is 9. The van der Waals surface area contributed by atoms with E-state index in [-0.39, 0.29) is 0 Å². The Labute approximate surface area is 160 Å². The minimum absolute atomic E-state index is 0.402. The molecular formula is C22H28N2O3. The first-order valence-corrected chi connectivity index (χ1v) is 9.49. The number of aromatic nitrogens is 2. The summed E-state index contributed by atoms with van der Waals surface area (Å²) >= 11 is 0. The SMILES string of the molecule is CCCOc1ccc2nc(COc3cccc(OC)c3)n(CC(C)C)c2c1. The van der Waals surface area contributed by atoms with Crippen LogP contribution in [0.25, 0.3) is 11.0 Å². The summed E-state index contributed by atoms with van der Waals surface area (Å²) in [5, 5.41) is 0. The van der Waals surface area contributed by atoms with E-state index in [2.05, 4.69) is 31.4 Å². The first-order chi connectivity index (χ1) is 13.1. The molecule has 0 atom stereocenters. The average Bonchev–Trinajstić information content (AvgIpc) is 3.01. The van der Waals surface area contributed by atoms with Crippen molar-refractivity contribution in [3.05, 3.63) is 48.3 Å². The zero-order chi connectivity index (χ0) is 19.2. The van der Waals surface area contributed by atoms with E-state index in [0.717, 1.165) is 53.7 Å². The van der Waals surface area contributed by atoms with Gasteiger partial charge in [0.2, 0.25) is 0 Å². The lowest BCUT2D eigenvalue weighted by Crippen LogP contribution is -2.11. The van der Waals surface area contributed by atoms with Crippen molar-refractivity contribution in [2.24, 2.45) is 5.92 Å². The van der Waals surface area contributed by atoms with Gasteiger partial charge in [-0.1, -0.05) is 26.8 Å². The lowest BCUT2D eigenvalue weighted by molar-refractivity contribution is 0.285. The Morgan fingerprint density at radius 2 is 1.78 bits per heavy atom. The zero-order valence-corrected chi connectivity index (χ0v) is 16.6. The topological polar surface area (TPSA) is 45.5 Å². The molecule has 0 saturated heterocycles. The summed E-state index contributed by atoms with van der Waals surface area (Å²) in [5.74, 6) is 3.84. The molecule has 27 heavy (non-hydrogen) atoms. The van der Waals surface area contributed by atoms with Crippen LogP contribution < -0.4 is 14.2 Å². The number of benzene rings is 2. The summed E-state index contributed by atoms with van der Waals surface area (Å²) in [6.07, 6.45) is 0.989. The van der Waals surface area contributed by atoms with Crippen LogP contribution >= 0.6 is 0 Å². The van der Waals surface area contributed by atoms with Crippen molar-refractivity contribution in [1.29, 1.82) is 0 Å². The fourth-order valence-corrected chi connectivity index (χ4v) is 2.98. The average molecular weight is 368 g/mol. The highest BCUT2D eigenvalue weighted by Gasteiger charge is 2.14. The maximum atomic E-state index is 5.99. The third-order valence-corrected chi connectivity index (χ3v) is 4.23. The molecule has 5 nitrogen and oxygen atoms in total. The van der Waals surface area contributed by atoms with Gasteiger partial charge in [-0.15, -0.1) is 0 Å². The Morgan fingerprint density at radius 3 is 2.52 bits per heavy atom. The van der Waals surface area contributed by atoms with Crippen molar-refractivity contribution in [3.63, 3.8) is 0 Å². The van der Waals surface area contributed by atoms with Crippen molar-refractivity contribution in [2.75, 3.05) is 13.7 Å². The quantitative estimate of drug-likeness (QED) is 0.529. The van der Waals surface area contributed by atoms with Crippen LogP contribution in [0.5, 0.6) is 17.2 Å². The molecule has 0 N–H and O–H groups in total. The molecule has 0 radical (unpaired) electrons. The second-order valence-electron chi connectivity index (χ2n) is 7.00. The van der Waals surface area contributed by atoms with Gasteiger partial charge in [-0.25, -0.2) is 4.98 Å². The van der Waals surface area contributed by atoms with Gasteiger partial charge in [-0.05, 0) is 36.6 Å². The van der Waals surface area contributed by atoms with Gasteiger partial charge in [-0.3, -0.25) is 0 Å². The first-order valence-electron chi connectivity index (χ1n) is 9.49. The van der Waals surface area contributed by atoms with Gasteiger partial charge in [0.15, 0.2) is 0 Å². The number of methoxy groups -OCH3 is 1. The predicted molar refractivity (Wildman–Crippen MR) is 108 cm³/mol. The van der Waals surface area contributed by atoms with Gasteiger partial charge in [0.05, 0.1) is 24.8 Å². The predicted octanol–water partition coefficient (Wildman–Crippen LogP) is 5.07. The standard InChI is InChI=1S/C22H28N2O3/c1-5-11-26-19-9-10-20-21(13-19)24(14-16(2)3)22(23-20)15-27-18-8-6-7-17(12-18)25-4/h6-10,12-13,16H,5,11,14-15H2,1-4H3. The molecule has 0 unspecified atom stereocenters. The van der Waals surface area contributed by atoms with Gasteiger partial charge in [0, 0.05) is 18.7 Å². The van der Waals surface area contributed by atoms with E-state index in [0.29, 0.717) is 12.5 Å². The first kappa shape index (κ1) is 19.1. The molecule has 0 fully saturated rings. The lowest BCUT2D eigenvalue weighted by atomic mass is 10.2. The molecule has 0 amide bonds. The maximum absolute atomic E-state index is 5.99. The van der Waals surface area contributed by atoms with Gasteiger partial charge >= 0.3 is 0 Å². The van der Waals surface area contributed by atoms with E-state index < -0.39 is 0 Å². The molecule has 1 heterocycles. The summed E-state index contributed by atoms with van der Waals surface area (Å²) in [4.78, 5) is 4.80. The summed E-state index contributed by atoms with van der Waals surface area (Å²) < 4.78 is 19.3. The molecule has 0 saturated carbocycles. The summed E-state index contributed by atoms with van der Waals surface area (Å²) in [5.41, 5.74) is 2.05. The van der Waals surface area contributed by atoms with Crippen LogP contribution in [0.1, 0.15) is 33.0 Å². The summed E-state index contributed by atoms with van der Waals surface area (Å²) in [6, 6.07) is 13.7. The van der Waals surface area contributed by atoms with E-state index in [4.69, 9.17) is 19.2 Å². The number of imidazole rings is 1. The molecule has 0 aliphatic rings. The van der Waals surface area contributed by atoms with Crippen LogP contribution in [0.3, 0.4) is 0 Å². The van der Waals surface area contributed by atoms with Crippen molar-refractivity contribution >= 4 is 11.0 Å². The minimum atomic E-state index is 0.402. The zero-order valence-electron chi connectivity index (χ0n) is 16.6. The van der Waals surface area contributed by atoms with Gasteiger partial charge in [-0.2, -0.15) is 0 Å².